The van der Waals surface area contributed by atoms with Crippen LogP contribution in [0.2, 0.25) is 0 Å². The number of hydrogen-bond acceptors (Lipinski definition) is 15. The third-order valence-corrected chi connectivity index (χ3v) is 13.7. The zero-order valence-electron chi connectivity index (χ0n) is 32.5. The standard InChI is InChI=1S/C42H44N4O10S/c1-19-11-22-12-24(14-43)46-27-16-52-41(50)42(40-26(13-23(15-47)44-42)25-9-7-8-10-28(25)56-40)17-57-39(33(46)32(45(4)5)29(22)34(49)35(19)51-6)31-30(27)38-37(53-18-54-38)20(2)36(31)55-21(3)48/h7-11,23-24,27,32-33,39,44,47,49H,12-13,15-18H2,1-6H3/t23-,24?,27-,32-,33+,39+,42+/m0/s1. The van der Waals surface area contributed by atoms with Gasteiger partial charge in [0.2, 0.25) is 6.79 Å². The lowest BCUT2D eigenvalue weighted by molar-refractivity contribution is -0.156. The van der Waals surface area contributed by atoms with E-state index in [-0.39, 0.29) is 37.9 Å². The number of para-hydroxylation sites is 1. The second kappa shape index (κ2) is 13.8. The number of carbonyl (C=O) groups excluding carboxylic acids is 2. The molecule has 1 saturated heterocycles. The van der Waals surface area contributed by atoms with Crippen molar-refractivity contribution in [3.05, 3.63) is 75.0 Å². The molecule has 0 radical (unpaired) electrons. The number of fused-ring (bicyclic) bond motifs is 8. The van der Waals surface area contributed by atoms with E-state index in [1.54, 1.807) is 0 Å². The molecule has 14 nitrogen and oxygen atoms in total. The van der Waals surface area contributed by atoms with Crippen LogP contribution in [-0.4, -0.2) is 97.0 Å². The summed E-state index contributed by atoms with van der Waals surface area (Å²) in [4.78, 5) is 32.1. The molecule has 0 aliphatic carbocycles. The molecular weight excluding hydrogens is 753 g/mol. The van der Waals surface area contributed by atoms with Gasteiger partial charge in [-0.2, -0.15) is 5.26 Å². The van der Waals surface area contributed by atoms with E-state index >= 15 is 0 Å². The summed E-state index contributed by atoms with van der Waals surface area (Å²) >= 11 is 1.43. The number of furan rings is 1. The topological polar surface area (TPSA) is 176 Å². The molecule has 7 heterocycles. The largest absolute Gasteiger partial charge is 0.504 e. The Bertz CT molecular complexity index is 2390. The molecule has 4 aromatic rings. The lowest BCUT2D eigenvalue weighted by Gasteiger charge is -2.53. The highest BCUT2D eigenvalue weighted by molar-refractivity contribution is 7.99. The summed E-state index contributed by atoms with van der Waals surface area (Å²) in [5.41, 5.74) is 3.84. The highest BCUT2D eigenvalue weighted by atomic mass is 32.2. The van der Waals surface area contributed by atoms with Gasteiger partial charge in [-0.1, -0.05) is 24.3 Å². The molecule has 15 heteroatoms. The molecule has 6 aliphatic heterocycles. The minimum absolute atomic E-state index is 0.0143. The molecule has 1 fully saturated rings. The van der Waals surface area contributed by atoms with Crippen LogP contribution in [0.15, 0.2) is 34.7 Å². The highest BCUT2D eigenvalue weighted by Crippen LogP contribution is 2.63. The number of rotatable bonds is 4. The van der Waals surface area contributed by atoms with Crippen LogP contribution in [0.1, 0.15) is 69.0 Å². The zero-order valence-corrected chi connectivity index (χ0v) is 33.3. The lowest BCUT2D eigenvalue weighted by Crippen LogP contribution is -2.62. The Morgan fingerprint density at radius 3 is 2.61 bits per heavy atom. The minimum atomic E-state index is -1.55. The van der Waals surface area contributed by atoms with Crippen molar-refractivity contribution in [1.82, 2.24) is 15.1 Å². The maximum atomic E-state index is 15.0. The summed E-state index contributed by atoms with van der Waals surface area (Å²) in [6, 6.07) is 8.87. The molecule has 3 N–H and O–H groups in total. The van der Waals surface area contributed by atoms with Gasteiger partial charge in [-0.15, -0.1) is 11.8 Å². The fourth-order valence-electron chi connectivity index (χ4n) is 10.0. The number of phenolic OH excluding ortho intramolecular Hbond substituents is 1. The van der Waals surface area contributed by atoms with Crippen molar-refractivity contribution < 1.29 is 47.9 Å². The van der Waals surface area contributed by atoms with Crippen LogP contribution in [0.5, 0.6) is 28.7 Å². The minimum Gasteiger partial charge on any atom is -0.504 e. The number of phenols is 1. The molecule has 298 valence electrons. The normalized spacial score (nSPS) is 27.5. The first-order valence-electron chi connectivity index (χ1n) is 19.0. The summed E-state index contributed by atoms with van der Waals surface area (Å²) < 4.78 is 37.2. The molecular formula is C42H44N4O10S. The predicted molar refractivity (Wildman–Crippen MR) is 208 cm³/mol. The van der Waals surface area contributed by atoms with Gasteiger partial charge in [0.15, 0.2) is 28.5 Å². The number of thioether (sulfide) groups is 1. The number of methoxy groups -OCH3 is 1. The molecule has 7 atom stereocenters. The van der Waals surface area contributed by atoms with Crippen LogP contribution in [0.3, 0.4) is 0 Å². The average Bonchev–Trinajstić information content (AvgIpc) is 3.80. The van der Waals surface area contributed by atoms with E-state index in [0.29, 0.717) is 63.0 Å². The van der Waals surface area contributed by atoms with E-state index in [9.17, 15) is 25.1 Å². The van der Waals surface area contributed by atoms with Gasteiger partial charge in [0.25, 0.3) is 0 Å². The Morgan fingerprint density at radius 1 is 1.12 bits per heavy atom. The second-order valence-electron chi connectivity index (χ2n) is 15.7. The van der Waals surface area contributed by atoms with E-state index in [4.69, 9.17) is 28.1 Å². The Hall–Kier alpha value is -4.98. The molecule has 0 amide bonds. The van der Waals surface area contributed by atoms with Crippen molar-refractivity contribution in [2.24, 2.45) is 0 Å². The quantitative estimate of drug-likeness (QED) is 0.192. The van der Waals surface area contributed by atoms with Crippen molar-refractivity contribution in [2.45, 2.75) is 74.6 Å². The summed E-state index contributed by atoms with van der Waals surface area (Å²) in [5, 5.41) is 37.6. The van der Waals surface area contributed by atoms with Gasteiger partial charge in [-0.3, -0.25) is 15.0 Å². The summed E-state index contributed by atoms with van der Waals surface area (Å²) in [6.07, 6.45) is 0.674. The van der Waals surface area contributed by atoms with Crippen molar-refractivity contribution in [1.29, 1.82) is 5.26 Å². The van der Waals surface area contributed by atoms with Gasteiger partial charge in [0, 0.05) is 64.4 Å². The van der Waals surface area contributed by atoms with Gasteiger partial charge in [0.05, 0.1) is 37.1 Å². The number of hydrogen-bond donors (Lipinski definition) is 3. The van der Waals surface area contributed by atoms with Crippen LogP contribution in [-0.2, 0) is 32.7 Å². The molecule has 6 aliphatic rings. The Labute approximate surface area is 333 Å². The summed E-state index contributed by atoms with van der Waals surface area (Å²) in [5.74, 6) is 0.832. The van der Waals surface area contributed by atoms with Gasteiger partial charge in [-0.25, -0.2) is 4.79 Å². The Morgan fingerprint density at radius 2 is 1.89 bits per heavy atom. The number of carbonyl (C=O) groups is 2. The fourth-order valence-corrected chi connectivity index (χ4v) is 11.7. The molecule has 1 aromatic heterocycles. The van der Waals surface area contributed by atoms with Gasteiger partial charge >= 0.3 is 11.9 Å². The van der Waals surface area contributed by atoms with E-state index in [1.165, 1.54) is 25.8 Å². The van der Waals surface area contributed by atoms with Crippen molar-refractivity contribution in [2.75, 3.05) is 47.0 Å². The summed E-state index contributed by atoms with van der Waals surface area (Å²) in [6.45, 7) is 4.47. The number of aliphatic hydroxyl groups excluding tert-OH is 1. The van der Waals surface area contributed by atoms with Gasteiger partial charge in [-0.05, 0) is 51.6 Å². The van der Waals surface area contributed by atoms with Crippen LogP contribution in [0, 0.1) is 25.2 Å². The SMILES string of the molecule is COc1c(C)cc2c(c1O)[C@H](N(C)C)[C@@H]1[C@@H]3SC[C@]4(N[C@H](CO)Cc5c4oc4ccccc54)C(=O)OC[C@@H](c4c5c(c(C)c(OC(C)=O)c43)OCO5)N1C(C#N)C2. The highest BCUT2D eigenvalue weighted by Gasteiger charge is 2.59. The van der Waals surface area contributed by atoms with E-state index in [1.807, 2.05) is 63.2 Å². The zero-order chi connectivity index (χ0) is 40.1. The fraction of sp³-hybridized carbons (Fsp3) is 0.452. The molecule has 1 unspecified atom stereocenters. The molecule has 57 heavy (non-hydrogen) atoms. The number of nitrogens with one attached hydrogen (secondary N) is 1. The van der Waals surface area contributed by atoms with Crippen molar-refractivity contribution >= 4 is 34.7 Å². The van der Waals surface area contributed by atoms with Crippen LogP contribution in [0.25, 0.3) is 11.0 Å². The Kier molecular flexibility index (Phi) is 9.13. The number of nitrogens with zero attached hydrogens (tertiary/aromatic N) is 3. The van der Waals surface area contributed by atoms with E-state index in [0.717, 1.165) is 22.1 Å². The molecule has 0 saturated carbocycles. The average molecular weight is 797 g/mol. The van der Waals surface area contributed by atoms with Crippen LogP contribution in [0.4, 0.5) is 0 Å². The van der Waals surface area contributed by atoms with Gasteiger partial charge < -0.3 is 43.2 Å². The number of esters is 2. The van der Waals surface area contributed by atoms with Crippen LogP contribution >= 0.6 is 11.8 Å². The smallest absolute Gasteiger partial charge is 0.335 e. The first-order valence-corrected chi connectivity index (χ1v) is 20.0. The number of aromatic hydroxyl groups is 1. The number of ether oxygens (including phenoxy) is 5. The van der Waals surface area contributed by atoms with Gasteiger partial charge in [0.1, 0.15) is 29.7 Å². The maximum Gasteiger partial charge on any atom is 0.335 e. The molecule has 3 aromatic carbocycles. The molecule has 2 bridgehead atoms. The summed E-state index contributed by atoms with van der Waals surface area (Å²) in [7, 11) is 5.38. The molecule has 1 spiro atoms. The second-order valence-corrected chi connectivity index (χ2v) is 16.8. The Balaban J connectivity index is 1.35. The number of nitriles is 1. The number of likely N-dealkylation sites (N-methyl/N-ethyl adjacent to an activating group) is 1. The third-order valence-electron chi connectivity index (χ3n) is 12.2. The van der Waals surface area contributed by atoms with E-state index in [2.05, 4.69) is 16.3 Å². The third kappa shape index (κ3) is 5.45. The maximum absolute atomic E-state index is 15.0. The molecule has 10 rings (SSSR count). The number of aryl methyl sites for hydroxylation is 1. The first-order chi connectivity index (χ1) is 27.4. The first kappa shape index (κ1) is 37.6. The predicted octanol–water partition coefficient (Wildman–Crippen LogP) is 4.63. The van der Waals surface area contributed by atoms with Crippen LogP contribution < -0.4 is 24.3 Å². The number of benzene rings is 3. The van der Waals surface area contributed by atoms with E-state index < -0.39 is 52.9 Å². The van der Waals surface area contributed by atoms with Crippen molar-refractivity contribution in [3.8, 4) is 34.8 Å². The monoisotopic (exact) mass is 796 g/mol. The van der Waals surface area contributed by atoms with Crippen molar-refractivity contribution in [3.63, 3.8) is 0 Å². The number of aliphatic hydroxyl groups is 1. The lowest BCUT2D eigenvalue weighted by atomic mass is 9.80.